The van der Waals surface area contributed by atoms with Crippen molar-refractivity contribution in [2.75, 3.05) is 0 Å². The maximum absolute atomic E-state index is 11.8. The van der Waals surface area contributed by atoms with Crippen molar-refractivity contribution >= 4 is 17.5 Å². The van der Waals surface area contributed by atoms with Gasteiger partial charge >= 0.3 is 0 Å². The summed E-state index contributed by atoms with van der Waals surface area (Å²) in [6.45, 7) is 3.98. The average molecular weight is 269 g/mol. The Labute approximate surface area is 114 Å². The molecule has 1 rings (SSSR count). The van der Waals surface area contributed by atoms with E-state index in [0.717, 1.165) is 18.4 Å². The number of benzene rings is 1. The SMILES string of the molecule is CCCC(N)CC(=O)NC(C)c1ccccc1Cl. The molecule has 0 bridgehead atoms. The van der Waals surface area contributed by atoms with Crippen LogP contribution in [0.25, 0.3) is 0 Å². The second-order valence-corrected chi connectivity index (χ2v) is 4.97. The van der Waals surface area contributed by atoms with Gasteiger partial charge in [-0.1, -0.05) is 43.1 Å². The fraction of sp³-hybridized carbons (Fsp3) is 0.500. The standard InChI is InChI=1S/C14H21ClN2O/c1-3-6-11(16)9-14(18)17-10(2)12-7-4-5-8-13(12)15/h4-5,7-8,10-11H,3,6,9,16H2,1-2H3,(H,17,18). The van der Waals surface area contributed by atoms with E-state index in [0.29, 0.717) is 11.4 Å². The van der Waals surface area contributed by atoms with E-state index in [1.807, 2.05) is 31.2 Å². The Balaban J connectivity index is 2.52. The van der Waals surface area contributed by atoms with Crippen LogP contribution in [0.5, 0.6) is 0 Å². The summed E-state index contributed by atoms with van der Waals surface area (Å²) in [7, 11) is 0. The van der Waals surface area contributed by atoms with Crippen LogP contribution < -0.4 is 11.1 Å². The maximum Gasteiger partial charge on any atom is 0.222 e. The lowest BCUT2D eigenvalue weighted by Crippen LogP contribution is -2.33. The zero-order valence-electron chi connectivity index (χ0n) is 10.9. The molecule has 0 aliphatic carbocycles. The molecule has 0 radical (unpaired) electrons. The third-order valence-electron chi connectivity index (χ3n) is 2.86. The summed E-state index contributed by atoms with van der Waals surface area (Å²) in [4.78, 5) is 11.8. The van der Waals surface area contributed by atoms with Gasteiger partial charge in [0.25, 0.3) is 0 Å². The van der Waals surface area contributed by atoms with E-state index in [4.69, 9.17) is 17.3 Å². The Morgan fingerprint density at radius 3 is 2.72 bits per heavy atom. The van der Waals surface area contributed by atoms with E-state index in [1.54, 1.807) is 0 Å². The highest BCUT2D eigenvalue weighted by Crippen LogP contribution is 2.22. The van der Waals surface area contributed by atoms with Crippen LogP contribution in [0.15, 0.2) is 24.3 Å². The molecule has 100 valence electrons. The van der Waals surface area contributed by atoms with Crippen molar-refractivity contribution in [1.82, 2.24) is 5.32 Å². The van der Waals surface area contributed by atoms with Gasteiger partial charge < -0.3 is 11.1 Å². The second kappa shape index (κ2) is 7.39. The molecule has 4 heteroatoms. The predicted octanol–water partition coefficient (Wildman–Crippen LogP) is 3.03. The highest BCUT2D eigenvalue weighted by Gasteiger charge is 2.14. The largest absolute Gasteiger partial charge is 0.349 e. The molecule has 0 saturated carbocycles. The fourth-order valence-electron chi connectivity index (χ4n) is 1.92. The summed E-state index contributed by atoms with van der Waals surface area (Å²) in [6.07, 6.45) is 2.23. The van der Waals surface area contributed by atoms with Crippen LogP contribution >= 0.6 is 11.6 Å². The molecule has 0 aliphatic rings. The Hall–Kier alpha value is -1.06. The lowest BCUT2D eigenvalue weighted by Gasteiger charge is -2.17. The Morgan fingerprint density at radius 1 is 1.44 bits per heavy atom. The van der Waals surface area contributed by atoms with Gasteiger partial charge in [0.2, 0.25) is 5.91 Å². The van der Waals surface area contributed by atoms with Crippen molar-refractivity contribution in [3.63, 3.8) is 0 Å². The normalized spacial score (nSPS) is 14.0. The van der Waals surface area contributed by atoms with Crippen molar-refractivity contribution in [1.29, 1.82) is 0 Å². The van der Waals surface area contributed by atoms with Gasteiger partial charge in [0.05, 0.1) is 6.04 Å². The topological polar surface area (TPSA) is 55.1 Å². The minimum atomic E-state index is -0.0972. The van der Waals surface area contributed by atoms with Crippen LogP contribution in [0.2, 0.25) is 5.02 Å². The summed E-state index contributed by atoms with van der Waals surface area (Å²) in [5.74, 6) is -0.0247. The molecule has 2 unspecified atom stereocenters. The molecule has 0 aliphatic heterocycles. The first-order valence-corrected chi connectivity index (χ1v) is 6.71. The van der Waals surface area contributed by atoms with Gasteiger partial charge in [-0.3, -0.25) is 4.79 Å². The summed E-state index contributed by atoms with van der Waals surface area (Å²) >= 11 is 6.08. The number of hydrogen-bond acceptors (Lipinski definition) is 2. The number of halogens is 1. The van der Waals surface area contributed by atoms with E-state index < -0.39 is 0 Å². The molecule has 0 saturated heterocycles. The first-order chi connectivity index (χ1) is 8.54. The van der Waals surface area contributed by atoms with Gasteiger partial charge in [-0.05, 0) is 25.0 Å². The molecule has 0 aromatic heterocycles. The smallest absolute Gasteiger partial charge is 0.222 e. The third kappa shape index (κ3) is 4.67. The minimum Gasteiger partial charge on any atom is -0.349 e. The molecule has 3 nitrogen and oxygen atoms in total. The molecule has 18 heavy (non-hydrogen) atoms. The highest BCUT2D eigenvalue weighted by atomic mass is 35.5. The van der Waals surface area contributed by atoms with Crippen LogP contribution in [-0.2, 0) is 4.79 Å². The predicted molar refractivity (Wildman–Crippen MR) is 75.5 cm³/mol. The second-order valence-electron chi connectivity index (χ2n) is 4.56. The first kappa shape index (κ1) is 15.0. The van der Waals surface area contributed by atoms with Crippen LogP contribution in [-0.4, -0.2) is 11.9 Å². The molecule has 3 N–H and O–H groups in total. The molecule has 0 fully saturated rings. The number of hydrogen-bond donors (Lipinski definition) is 2. The lowest BCUT2D eigenvalue weighted by molar-refractivity contribution is -0.122. The highest BCUT2D eigenvalue weighted by molar-refractivity contribution is 6.31. The Morgan fingerprint density at radius 2 is 2.11 bits per heavy atom. The van der Waals surface area contributed by atoms with E-state index in [-0.39, 0.29) is 18.0 Å². The van der Waals surface area contributed by atoms with Gasteiger partial charge in [-0.2, -0.15) is 0 Å². The van der Waals surface area contributed by atoms with E-state index in [1.165, 1.54) is 0 Å². The van der Waals surface area contributed by atoms with Crippen molar-refractivity contribution in [2.45, 2.75) is 45.2 Å². The van der Waals surface area contributed by atoms with E-state index in [9.17, 15) is 4.79 Å². The van der Waals surface area contributed by atoms with Crippen molar-refractivity contribution in [2.24, 2.45) is 5.73 Å². The summed E-state index contributed by atoms with van der Waals surface area (Å²) in [6, 6.07) is 7.36. The molecular formula is C14H21ClN2O. The van der Waals surface area contributed by atoms with E-state index in [2.05, 4.69) is 12.2 Å². The Bertz CT molecular complexity index is 395. The zero-order chi connectivity index (χ0) is 13.5. The number of rotatable bonds is 6. The molecule has 1 aromatic carbocycles. The summed E-state index contributed by atoms with van der Waals surface area (Å²) in [5.41, 5.74) is 6.77. The Kier molecular flexibility index (Phi) is 6.16. The van der Waals surface area contributed by atoms with Gasteiger partial charge in [0, 0.05) is 17.5 Å². The molecule has 2 atom stereocenters. The van der Waals surface area contributed by atoms with Crippen LogP contribution in [0.4, 0.5) is 0 Å². The van der Waals surface area contributed by atoms with Crippen LogP contribution in [0.1, 0.15) is 44.7 Å². The zero-order valence-corrected chi connectivity index (χ0v) is 11.7. The molecule has 1 aromatic rings. The first-order valence-electron chi connectivity index (χ1n) is 6.34. The molecular weight excluding hydrogens is 248 g/mol. The quantitative estimate of drug-likeness (QED) is 0.833. The summed E-state index contributed by atoms with van der Waals surface area (Å²) in [5, 5.41) is 3.59. The number of carbonyl (C=O) groups excluding carboxylic acids is 1. The van der Waals surface area contributed by atoms with Crippen LogP contribution in [0.3, 0.4) is 0 Å². The van der Waals surface area contributed by atoms with Crippen molar-refractivity contribution in [3.8, 4) is 0 Å². The summed E-state index contributed by atoms with van der Waals surface area (Å²) < 4.78 is 0. The van der Waals surface area contributed by atoms with Crippen molar-refractivity contribution in [3.05, 3.63) is 34.9 Å². The van der Waals surface area contributed by atoms with Crippen molar-refractivity contribution < 1.29 is 4.79 Å². The fourth-order valence-corrected chi connectivity index (χ4v) is 2.21. The number of nitrogens with one attached hydrogen (secondary N) is 1. The number of amides is 1. The molecule has 1 amide bonds. The molecule has 0 heterocycles. The minimum absolute atomic E-state index is 0.0247. The van der Waals surface area contributed by atoms with Gasteiger partial charge in [-0.15, -0.1) is 0 Å². The number of carbonyl (C=O) groups is 1. The van der Waals surface area contributed by atoms with Gasteiger partial charge in [-0.25, -0.2) is 0 Å². The maximum atomic E-state index is 11.8. The monoisotopic (exact) mass is 268 g/mol. The average Bonchev–Trinajstić information content (AvgIpc) is 2.29. The lowest BCUT2D eigenvalue weighted by atomic mass is 10.1. The molecule has 0 spiro atoms. The number of nitrogens with two attached hydrogens (primary N) is 1. The van der Waals surface area contributed by atoms with E-state index >= 15 is 0 Å². The van der Waals surface area contributed by atoms with Crippen LogP contribution in [0, 0.1) is 0 Å². The van der Waals surface area contributed by atoms with Gasteiger partial charge in [0.15, 0.2) is 0 Å². The van der Waals surface area contributed by atoms with Gasteiger partial charge in [0.1, 0.15) is 0 Å². The third-order valence-corrected chi connectivity index (χ3v) is 3.20.